The van der Waals surface area contributed by atoms with E-state index in [1.165, 1.54) is 5.57 Å². The molecule has 0 unspecified atom stereocenters. The highest BCUT2D eigenvalue weighted by atomic mass is 16.6. The van der Waals surface area contributed by atoms with Gasteiger partial charge in [-0.15, -0.1) is 0 Å². The SMILES string of the molecule is CN1CC=C(c2nn(C(c3ccccc3)(c3ccccc3)c3ccccc3)c3ccc(N4CC[C@]5(CCN(C(=O)OCc6ccccc6)C5)C4=O)cc23)CC1. The number of anilines is 1. The second kappa shape index (κ2) is 14.3. The Morgan fingerprint density at radius 1 is 0.764 bits per heavy atom. The molecule has 0 bridgehead atoms. The average molecular weight is 728 g/mol. The summed E-state index contributed by atoms with van der Waals surface area (Å²) in [5.74, 6) is 0.0739. The number of likely N-dealkylation sites (N-methyl/N-ethyl adjacent to an activating group) is 1. The second-order valence-corrected chi connectivity index (χ2v) is 15.2. The predicted octanol–water partition coefficient (Wildman–Crippen LogP) is 8.36. The largest absolute Gasteiger partial charge is 0.445 e. The molecular weight excluding hydrogens is 683 g/mol. The maximum atomic E-state index is 14.5. The lowest BCUT2D eigenvalue weighted by Crippen LogP contribution is -2.39. The fourth-order valence-corrected chi connectivity index (χ4v) is 8.94. The fourth-order valence-electron chi connectivity index (χ4n) is 8.94. The monoisotopic (exact) mass is 727 g/mol. The summed E-state index contributed by atoms with van der Waals surface area (Å²) in [6.07, 6.45) is 4.13. The number of ether oxygens (including phenoxy) is 1. The lowest BCUT2D eigenvalue weighted by Gasteiger charge is -2.37. The zero-order chi connectivity index (χ0) is 37.4. The van der Waals surface area contributed by atoms with Crippen LogP contribution in [0.4, 0.5) is 10.5 Å². The van der Waals surface area contributed by atoms with Gasteiger partial charge in [-0.25, -0.2) is 9.48 Å². The van der Waals surface area contributed by atoms with Crippen LogP contribution in [0.3, 0.4) is 0 Å². The molecule has 0 saturated carbocycles. The number of hydrogen-bond donors (Lipinski definition) is 0. The van der Waals surface area contributed by atoms with E-state index in [0.29, 0.717) is 32.5 Å². The number of fused-ring (bicyclic) bond motifs is 1. The van der Waals surface area contributed by atoms with E-state index in [9.17, 15) is 9.59 Å². The van der Waals surface area contributed by atoms with Crippen LogP contribution >= 0.6 is 0 Å². The zero-order valence-electron chi connectivity index (χ0n) is 31.2. The van der Waals surface area contributed by atoms with Gasteiger partial charge in [0.05, 0.1) is 16.6 Å². The molecule has 3 aliphatic rings. The Balaban J connectivity index is 1.13. The summed E-state index contributed by atoms with van der Waals surface area (Å²) in [5, 5.41) is 6.65. The fraction of sp³-hybridized carbons (Fsp3) is 0.255. The Kier molecular flexibility index (Phi) is 9.06. The highest BCUT2D eigenvalue weighted by Gasteiger charge is 2.52. The standard InChI is InChI=1S/C47H45N5O3/c1-49-28-24-36(25-29-49)43-41-32-40(51-31-27-46(44(51)53)26-30-50(34-46)45(54)55-33-35-14-6-2-7-15-35)22-23-42(41)52(48-43)47(37-16-8-3-9-17-37,38-18-10-4-11-19-38)39-20-12-5-13-21-39/h2-24,32H,25-31,33-34H2,1H3/t46-/m0/s1. The number of hydrogen-bond acceptors (Lipinski definition) is 5. The number of amides is 2. The molecule has 276 valence electrons. The van der Waals surface area contributed by atoms with Gasteiger partial charge in [0.1, 0.15) is 12.1 Å². The highest BCUT2D eigenvalue weighted by molar-refractivity contribution is 6.03. The second-order valence-electron chi connectivity index (χ2n) is 15.2. The maximum absolute atomic E-state index is 14.5. The molecule has 2 saturated heterocycles. The number of nitrogens with zero attached hydrogens (tertiary/aromatic N) is 5. The summed E-state index contributed by atoms with van der Waals surface area (Å²) in [5.41, 5.74) is 6.87. The van der Waals surface area contributed by atoms with Crippen LogP contribution in [0.5, 0.6) is 0 Å². The van der Waals surface area contributed by atoms with Crippen molar-refractivity contribution >= 4 is 34.2 Å². The van der Waals surface area contributed by atoms with Gasteiger partial charge in [0.2, 0.25) is 5.91 Å². The minimum atomic E-state index is -0.788. The van der Waals surface area contributed by atoms with E-state index in [0.717, 1.165) is 64.0 Å². The highest BCUT2D eigenvalue weighted by Crippen LogP contribution is 2.46. The van der Waals surface area contributed by atoms with Gasteiger partial charge < -0.3 is 19.4 Å². The van der Waals surface area contributed by atoms with Crippen LogP contribution in [0.2, 0.25) is 0 Å². The molecule has 5 aromatic carbocycles. The van der Waals surface area contributed by atoms with Crippen molar-refractivity contribution in [3.63, 3.8) is 0 Å². The molecule has 1 atom stereocenters. The molecule has 8 nitrogen and oxygen atoms in total. The van der Waals surface area contributed by atoms with Gasteiger partial charge >= 0.3 is 6.09 Å². The normalized spacial score (nSPS) is 19.0. The Bertz CT molecular complexity index is 2260. The first-order valence-electron chi connectivity index (χ1n) is 19.3. The van der Waals surface area contributed by atoms with Crippen LogP contribution in [0.15, 0.2) is 146 Å². The molecule has 9 rings (SSSR count). The van der Waals surface area contributed by atoms with Crippen molar-refractivity contribution < 1.29 is 14.3 Å². The Morgan fingerprint density at radius 2 is 1.36 bits per heavy atom. The first kappa shape index (κ1) is 34.8. The molecule has 1 aromatic heterocycles. The number of carbonyl (C=O) groups excluding carboxylic acids is 2. The molecule has 3 aliphatic heterocycles. The van der Waals surface area contributed by atoms with Crippen molar-refractivity contribution in [1.82, 2.24) is 19.6 Å². The van der Waals surface area contributed by atoms with Gasteiger partial charge in [0, 0.05) is 43.8 Å². The Morgan fingerprint density at radius 3 is 1.96 bits per heavy atom. The van der Waals surface area contributed by atoms with Crippen LogP contribution in [0.25, 0.3) is 16.5 Å². The minimum absolute atomic E-state index is 0.0739. The number of likely N-dealkylation sites (tertiary alicyclic amines) is 1. The molecule has 0 radical (unpaired) electrons. The van der Waals surface area contributed by atoms with Crippen LogP contribution < -0.4 is 4.90 Å². The third-order valence-electron chi connectivity index (χ3n) is 11.9. The molecule has 2 fully saturated rings. The van der Waals surface area contributed by atoms with E-state index in [4.69, 9.17) is 9.84 Å². The number of carbonyl (C=O) groups is 2. The smallest absolute Gasteiger partial charge is 0.410 e. The summed E-state index contributed by atoms with van der Waals surface area (Å²) in [7, 11) is 2.15. The van der Waals surface area contributed by atoms with Crippen LogP contribution in [-0.2, 0) is 21.7 Å². The maximum Gasteiger partial charge on any atom is 0.410 e. The summed E-state index contributed by atoms with van der Waals surface area (Å²) < 4.78 is 7.88. The van der Waals surface area contributed by atoms with E-state index in [-0.39, 0.29) is 18.6 Å². The third kappa shape index (κ3) is 6.11. The van der Waals surface area contributed by atoms with Crippen molar-refractivity contribution in [3.05, 3.63) is 174 Å². The number of aromatic nitrogens is 2. The van der Waals surface area contributed by atoms with E-state index >= 15 is 0 Å². The van der Waals surface area contributed by atoms with Gasteiger partial charge in [0.15, 0.2) is 0 Å². The molecule has 2 amide bonds. The van der Waals surface area contributed by atoms with E-state index in [1.807, 2.05) is 35.2 Å². The predicted molar refractivity (Wildman–Crippen MR) is 217 cm³/mol. The average Bonchev–Trinajstić information content (AvgIpc) is 3.95. The van der Waals surface area contributed by atoms with Crippen LogP contribution in [-0.4, -0.2) is 71.4 Å². The molecular formula is C47H45N5O3. The zero-order valence-corrected chi connectivity index (χ0v) is 31.2. The number of rotatable bonds is 8. The quantitative estimate of drug-likeness (QED) is 0.148. The minimum Gasteiger partial charge on any atom is -0.445 e. The van der Waals surface area contributed by atoms with Crippen molar-refractivity contribution in [1.29, 1.82) is 0 Å². The van der Waals surface area contributed by atoms with Crippen molar-refractivity contribution in [3.8, 4) is 0 Å². The van der Waals surface area contributed by atoms with Crippen molar-refractivity contribution in [2.24, 2.45) is 5.41 Å². The molecule has 0 N–H and O–H groups in total. The van der Waals surface area contributed by atoms with Gasteiger partial charge in [-0.2, -0.15) is 5.10 Å². The lowest BCUT2D eigenvalue weighted by atomic mass is 9.77. The Hall–Kier alpha value is -5.99. The molecule has 1 spiro atoms. The molecule has 0 aliphatic carbocycles. The Labute approximate surface area is 322 Å². The van der Waals surface area contributed by atoms with Crippen molar-refractivity contribution in [2.75, 3.05) is 44.7 Å². The molecule has 8 heteroatoms. The molecule has 55 heavy (non-hydrogen) atoms. The van der Waals surface area contributed by atoms with E-state index in [2.05, 4.69) is 132 Å². The van der Waals surface area contributed by atoms with E-state index in [1.54, 1.807) is 4.90 Å². The van der Waals surface area contributed by atoms with Gasteiger partial charge in [0.25, 0.3) is 0 Å². The van der Waals surface area contributed by atoms with Gasteiger partial charge in [-0.1, -0.05) is 127 Å². The van der Waals surface area contributed by atoms with E-state index < -0.39 is 11.0 Å². The summed E-state index contributed by atoms with van der Waals surface area (Å²) in [4.78, 5) is 33.5. The van der Waals surface area contributed by atoms with Crippen molar-refractivity contribution in [2.45, 2.75) is 31.4 Å². The topological polar surface area (TPSA) is 70.9 Å². The number of benzene rings is 5. The molecule has 6 aromatic rings. The van der Waals surface area contributed by atoms with Crippen LogP contribution in [0, 0.1) is 5.41 Å². The lowest BCUT2D eigenvalue weighted by molar-refractivity contribution is -0.124. The summed E-state index contributed by atoms with van der Waals surface area (Å²) in [6.45, 7) is 3.48. The van der Waals surface area contributed by atoms with Crippen LogP contribution in [0.1, 0.15) is 47.2 Å². The van der Waals surface area contributed by atoms with Gasteiger partial charge in [-0.05, 0) is 72.3 Å². The first-order valence-corrected chi connectivity index (χ1v) is 19.3. The first-order chi connectivity index (χ1) is 27.0. The summed E-state index contributed by atoms with van der Waals surface area (Å²) in [6, 6.07) is 48.0. The summed E-state index contributed by atoms with van der Waals surface area (Å²) >= 11 is 0. The third-order valence-corrected chi connectivity index (χ3v) is 11.9. The van der Waals surface area contributed by atoms with Gasteiger partial charge in [-0.3, -0.25) is 4.79 Å². The molecule has 4 heterocycles.